The SMILES string of the molecule is C=CCn1c(SCC(=O)c2cc(C)n(NC(=O)c3ccccc3)c2C)nnc1C1CC1. The Labute approximate surface area is 185 Å². The predicted octanol–water partition coefficient (Wildman–Crippen LogP) is 4.12. The summed E-state index contributed by atoms with van der Waals surface area (Å²) in [6, 6.07) is 10.8. The molecule has 8 heteroatoms. The van der Waals surface area contributed by atoms with E-state index in [9.17, 15) is 9.59 Å². The van der Waals surface area contributed by atoms with E-state index in [1.165, 1.54) is 11.8 Å². The number of nitrogens with one attached hydrogen (secondary N) is 1. The van der Waals surface area contributed by atoms with Crippen LogP contribution in [-0.4, -0.2) is 36.9 Å². The molecule has 2 aromatic heterocycles. The summed E-state index contributed by atoms with van der Waals surface area (Å²) < 4.78 is 3.71. The van der Waals surface area contributed by atoms with E-state index < -0.39 is 0 Å². The van der Waals surface area contributed by atoms with Gasteiger partial charge < -0.3 is 4.57 Å². The monoisotopic (exact) mass is 435 g/mol. The van der Waals surface area contributed by atoms with Gasteiger partial charge in [0.25, 0.3) is 5.91 Å². The summed E-state index contributed by atoms with van der Waals surface area (Å²) in [6.45, 7) is 8.16. The molecule has 1 fully saturated rings. The zero-order valence-electron chi connectivity index (χ0n) is 17.7. The van der Waals surface area contributed by atoms with Gasteiger partial charge in [0.1, 0.15) is 5.82 Å². The van der Waals surface area contributed by atoms with E-state index in [0.29, 0.717) is 29.3 Å². The largest absolute Gasteiger partial charge is 0.302 e. The molecule has 0 unspecified atom stereocenters. The number of carbonyl (C=O) groups is 2. The molecule has 2 heterocycles. The number of amides is 1. The van der Waals surface area contributed by atoms with Crippen LogP contribution < -0.4 is 5.43 Å². The number of carbonyl (C=O) groups excluding carboxylic acids is 2. The Morgan fingerprint density at radius 2 is 1.97 bits per heavy atom. The quantitative estimate of drug-likeness (QED) is 0.311. The smallest absolute Gasteiger partial charge is 0.270 e. The maximum Gasteiger partial charge on any atom is 0.270 e. The highest BCUT2D eigenvalue weighted by molar-refractivity contribution is 7.99. The minimum Gasteiger partial charge on any atom is -0.302 e. The fourth-order valence-electron chi connectivity index (χ4n) is 3.53. The van der Waals surface area contributed by atoms with Gasteiger partial charge in [-0.15, -0.1) is 16.8 Å². The summed E-state index contributed by atoms with van der Waals surface area (Å²) in [5, 5.41) is 9.36. The Morgan fingerprint density at radius 3 is 2.65 bits per heavy atom. The van der Waals surface area contributed by atoms with Gasteiger partial charge in [-0.2, -0.15) is 0 Å². The summed E-state index contributed by atoms with van der Waals surface area (Å²) >= 11 is 1.39. The van der Waals surface area contributed by atoms with E-state index in [2.05, 4.69) is 22.2 Å². The van der Waals surface area contributed by atoms with E-state index in [1.807, 2.05) is 48.8 Å². The van der Waals surface area contributed by atoms with Crippen LogP contribution in [-0.2, 0) is 6.54 Å². The third-order valence-corrected chi connectivity index (χ3v) is 6.28. The van der Waals surface area contributed by atoms with Crippen molar-refractivity contribution >= 4 is 23.5 Å². The number of aromatic nitrogens is 4. The molecule has 0 spiro atoms. The highest BCUT2D eigenvalue weighted by Crippen LogP contribution is 2.40. The van der Waals surface area contributed by atoms with Crippen LogP contribution in [0.3, 0.4) is 0 Å². The maximum absolute atomic E-state index is 13.0. The van der Waals surface area contributed by atoms with Crippen molar-refractivity contribution in [1.29, 1.82) is 0 Å². The van der Waals surface area contributed by atoms with Crippen molar-refractivity contribution in [1.82, 2.24) is 19.4 Å². The molecular weight excluding hydrogens is 410 g/mol. The molecule has 0 atom stereocenters. The van der Waals surface area contributed by atoms with Gasteiger partial charge in [0.05, 0.1) is 5.75 Å². The molecule has 0 radical (unpaired) electrons. The van der Waals surface area contributed by atoms with Gasteiger partial charge >= 0.3 is 0 Å². The Hall–Kier alpha value is -3.13. The zero-order valence-corrected chi connectivity index (χ0v) is 18.5. The number of thioether (sulfide) groups is 1. The van der Waals surface area contributed by atoms with Crippen LogP contribution in [0.25, 0.3) is 0 Å². The molecule has 1 aliphatic rings. The summed E-state index contributed by atoms with van der Waals surface area (Å²) in [7, 11) is 0. The van der Waals surface area contributed by atoms with E-state index in [-0.39, 0.29) is 17.4 Å². The first-order valence-electron chi connectivity index (χ1n) is 10.2. The maximum atomic E-state index is 13.0. The van der Waals surface area contributed by atoms with E-state index in [0.717, 1.165) is 29.5 Å². The van der Waals surface area contributed by atoms with Crippen molar-refractivity contribution in [2.75, 3.05) is 11.2 Å². The van der Waals surface area contributed by atoms with Gasteiger partial charge in [-0.25, -0.2) is 0 Å². The van der Waals surface area contributed by atoms with Crippen LogP contribution in [0.2, 0.25) is 0 Å². The molecule has 0 aliphatic heterocycles. The number of rotatable bonds is 9. The molecule has 3 aromatic rings. The lowest BCUT2D eigenvalue weighted by Crippen LogP contribution is -2.25. The zero-order chi connectivity index (χ0) is 22.0. The van der Waals surface area contributed by atoms with Crippen molar-refractivity contribution in [2.24, 2.45) is 0 Å². The number of Topliss-reactive ketones (excluding diaryl/α,β-unsaturated/α-hetero) is 1. The molecule has 31 heavy (non-hydrogen) atoms. The van der Waals surface area contributed by atoms with E-state index in [4.69, 9.17) is 0 Å². The average Bonchev–Trinajstić information content (AvgIpc) is 3.49. The van der Waals surface area contributed by atoms with E-state index >= 15 is 0 Å². The second kappa shape index (κ2) is 8.93. The van der Waals surface area contributed by atoms with Gasteiger partial charge in [-0.3, -0.25) is 19.7 Å². The standard InChI is InChI=1S/C23H25N5O2S/c1-4-12-27-21(17-10-11-17)24-25-23(27)31-14-20(29)19-13-15(2)28(16(19)3)26-22(30)18-8-6-5-7-9-18/h4-9,13,17H,1,10-12,14H2,2-3H3,(H,26,30). The van der Waals surface area contributed by atoms with Crippen LogP contribution in [0.5, 0.6) is 0 Å². The van der Waals surface area contributed by atoms with Crippen molar-refractivity contribution in [2.45, 2.75) is 44.3 Å². The molecule has 160 valence electrons. The van der Waals surface area contributed by atoms with Crippen LogP contribution in [0.1, 0.15) is 56.7 Å². The number of ketones is 1. The number of benzene rings is 1. The molecule has 1 amide bonds. The highest BCUT2D eigenvalue weighted by atomic mass is 32.2. The summed E-state index contributed by atoms with van der Waals surface area (Å²) in [5.74, 6) is 1.47. The van der Waals surface area contributed by atoms with Crippen molar-refractivity contribution in [3.8, 4) is 0 Å². The minimum atomic E-state index is -0.221. The molecule has 1 N–H and O–H groups in total. The Morgan fingerprint density at radius 1 is 1.23 bits per heavy atom. The molecule has 1 aromatic carbocycles. The van der Waals surface area contributed by atoms with Crippen molar-refractivity contribution in [3.63, 3.8) is 0 Å². The van der Waals surface area contributed by atoms with Crippen molar-refractivity contribution < 1.29 is 9.59 Å². The Kier molecular flexibility index (Phi) is 6.08. The number of hydrogen-bond donors (Lipinski definition) is 1. The first-order chi connectivity index (χ1) is 15.0. The number of hydrogen-bond acceptors (Lipinski definition) is 5. The Balaban J connectivity index is 1.47. The fourth-order valence-corrected chi connectivity index (χ4v) is 4.37. The molecule has 0 bridgehead atoms. The topological polar surface area (TPSA) is 81.8 Å². The normalized spacial score (nSPS) is 13.2. The van der Waals surface area contributed by atoms with Gasteiger partial charge in [0.15, 0.2) is 10.9 Å². The first-order valence-corrected chi connectivity index (χ1v) is 11.2. The lowest BCUT2D eigenvalue weighted by Gasteiger charge is -2.11. The average molecular weight is 436 g/mol. The van der Waals surface area contributed by atoms with E-state index in [1.54, 1.807) is 16.8 Å². The van der Waals surface area contributed by atoms with Gasteiger partial charge in [0, 0.05) is 35.0 Å². The third-order valence-electron chi connectivity index (χ3n) is 5.31. The second-order valence-corrected chi connectivity index (χ2v) is 8.60. The Bertz CT molecular complexity index is 1130. The molecular formula is C23H25N5O2S. The van der Waals surface area contributed by atoms with Gasteiger partial charge in [-0.1, -0.05) is 36.0 Å². The summed E-state index contributed by atoms with van der Waals surface area (Å²) in [5.41, 5.74) is 5.53. The molecule has 1 saturated carbocycles. The highest BCUT2D eigenvalue weighted by Gasteiger charge is 2.30. The minimum absolute atomic E-state index is 0.0144. The summed E-state index contributed by atoms with van der Waals surface area (Å²) in [6.07, 6.45) is 4.10. The first kappa shape index (κ1) is 21.1. The fraction of sp³-hybridized carbons (Fsp3) is 0.304. The van der Waals surface area contributed by atoms with Crippen LogP contribution >= 0.6 is 11.8 Å². The molecule has 4 rings (SSSR count). The third kappa shape index (κ3) is 4.49. The van der Waals surface area contributed by atoms with Crippen LogP contribution in [0, 0.1) is 13.8 Å². The number of aryl methyl sites for hydroxylation is 1. The predicted molar refractivity (Wildman–Crippen MR) is 121 cm³/mol. The lowest BCUT2D eigenvalue weighted by molar-refractivity contribution is 0.0999. The second-order valence-electron chi connectivity index (χ2n) is 7.65. The molecule has 0 saturated heterocycles. The van der Waals surface area contributed by atoms with Gasteiger partial charge in [0.2, 0.25) is 0 Å². The number of allylic oxidation sites excluding steroid dienone is 1. The molecule has 7 nitrogen and oxygen atoms in total. The summed E-state index contributed by atoms with van der Waals surface area (Å²) in [4.78, 5) is 25.5. The number of nitrogens with zero attached hydrogens (tertiary/aromatic N) is 4. The van der Waals surface area contributed by atoms with Crippen LogP contribution in [0.15, 0.2) is 54.2 Å². The van der Waals surface area contributed by atoms with Gasteiger partial charge in [-0.05, 0) is 44.9 Å². The molecule has 1 aliphatic carbocycles. The van der Waals surface area contributed by atoms with Crippen LogP contribution in [0.4, 0.5) is 0 Å². The lowest BCUT2D eigenvalue weighted by atomic mass is 10.2. The van der Waals surface area contributed by atoms with Crippen molar-refractivity contribution in [3.05, 3.63) is 77.4 Å².